The summed E-state index contributed by atoms with van der Waals surface area (Å²) in [5, 5.41) is 0.676. The Morgan fingerprint density at radius 3 is 2.68 bits per heavy atom. The molecule has 2 nitrogen and oxygen atoms in total. The van der Waals surface area contributed by atoms with Crippen LogP contribution in [0.2, 0.25) is 5.02 Å². The van der Waals surface area contributed by atoms with Crippen molar-refractivity contribution in [2.45, 2.75) is 12.5 Å². The topological polar surface area (TPSA) is 38.0 Å². The zero-order chi connectivity index (χ0) is 13.8. The maximum atomic E-state index is 13.5. The van der Waals surface area contributed by atoms with Gasteiger partial charge in [-0.15, -0.1) is 0 Å². The van der Waals surface area contributed by atoms with Crippen LogP contribution in [0.25, 0.3) is 0 Å². The van der Waals surface area contributed by atoms with Crippen LogP contribution in [0.5, 0.6) is 0 Å². The van der Waals surface area contributed by atoms with Gasteiger partial charge in [-0.2, -0.15) is 0 Å². The zero-order valence-corrected chi connectivity index (χ0v) is 12.4. The first-order valence-electron chi connectivity index (χ1n) is 5.75. The average Bonchev–Trinajstić information content (AvgIpc) is 2.39. The van der Waals surface area contributed by atoms with Gasteiger partial charge in [-0.05, 0) is 57.7 Å². The van der Waals surface area contributed by atoms with E-state index in [-0.39, 0.29) is 11.9 Å². The Morgan fingerprint density at radius 2 is 2.05 bits per heavy atom. The highest BCUT2D eigenvalue weighted by atomic mass is 79.9. The summed E-state index contributed by atoms with van der Waals surface area (Å²) in [5.74, 6) is 5.26. The second-order valence-electron chi connectivity index (χ2n) is 4.23. The molecule has 1 unspecified atom stereocenters. The molecular formula is C14H13BrClFN2. The van der Waals surface area contributed by atoms with Gasteiger partial charge < -0.3 is 0 Å². The maximum absolute atomic E-state index is 13.5. The molecule has 0 bridgehead atoms. The van der Waals surface area contributed by atoms with Gasteiger partial charge in [-0.3, -0.25) is 11.3 Å². The lowest BCUT2D eigenvalue weighted by atomic mass is 9.99. The molecule has 0 spiro atoms. The summed E-state index contributed by atoms with van der Waals surface area (Å²) in [6.45, 7) is 0. The molecule has 1 atom stereocenters. The molecule has 3 N–H and O–H groups in total. The minimum atomic E-state index is -0.302. The summed E-state index contributed by atoms with van der Waals surface area (Å²) >= 11 is 9.08. The Labute approximate surface area is 124 Å². The second kappa shape index (κ2) is 6.48. The van der Waals surface area contributed by atoms with Crippen LogP contribution in [-0.4, -0.2) is 0 Å². The third-order valence-corrected chi connectivity index (χ3v) is 3.75. The number of nitrogens with one attached hydrogen (secondary N) is 1. The van der Waals surface area contributed by atoms with Crippen molar-refractivity contribution >= 4 is 27.5 Å². The summed E-state index contributed by atoms with van der Waals surface area (Å²) < 4.78 is 14.0. The molecule has 0 amide bonds. The number of hydrogen-bond donors (Lipinski definition) is 2. The lowest BCUT2D eigenvalue weighted by Gasteiger charge is -2.17. The number of hydrazine groups is 1. The van der Waals surface area contributed by atoms with Crippen LogP contribution in [-0.2, 0) is 6.42 Å². The summed E-state index contributed by atoms with van der Waals surface area (Å²) in [7, 11) is 0. The third kappa shape index (κ3) is 3.76. The Bertz CT molecular complexity index is 577. The van der Waals surface area contributed by atoms with Gasteiger partial charge in [0.25, 0.3) is 0 Å². The maximum Gasteiger partial charge on any atom is 0.137 e. The fourth-order valence-electron chi connectivity index (χ4n) is 1.90. The smallest absolute Gasteiger partial charge is 0.137 e. The number of nitrogens with two attached hydrogens (primary N) is 1. The van der Waals surface area contributed by atoms with Crippen LogP contribution < -0.4 is 11.3 Å². The van der Waals surface area contributed by atoms with E-state index in [1.165, 1.54) is 6.07 Å². The van der Waals surface area contributed by atoms with Gasteiger partial charge in [0.2, 0.25) is 0 Å². The van der Waals surface area contributed by atoms with Crippen LogP contribution in [0.3, 0.4) is 0 Å². The zero-order valence-electron chi connectivity index (χ0n) is 10.0. The van der Waals surface area contributed by atoms with Crippen LogP contribution in [0, 0.1) is 5.82 Å². The van der Waals surface area contributed by atoms with Gasteiger partial charge in [-0.1, -0.05) is 29.8 Å². The molecule has 0 aliphatic heterocycles. The van der Waals surface area contributed by atoms with Crippen molar-refractivity contribution in [3.05, 3.63) is 68.9 Å². The van der Waals surface area contributed by atoms with E-state index in [1.807, 2.05) is 30.3 Å². The van der Waals surface area contributed by atoms with E-state index in [1.54, 1.807) is 6.07 Å². The van der Waals surface area contributed by atoms with E-state index in [9.17, 15) is 4.39 Å². The molecular weight excluding hydrogens is 331 g/mol. The van der Waals surface area contributed by atoms with Crippen molar-refractivity contribution in [2.24, 2.45) is 5.84 Å². The van der Waals surface area contributed by atoms with Gasteiger partial charge in [0, 0.05) is 5.02 Å². The highest BCUT2D eigenvalue weighted by molar-refractivity contribution is 9.10. The molecule has 0 aromatic heterocycles. The molecule has 0 heterocycles. The Kier molecular flexibility index (Phi) is 4.93. The predicted octanol–water partition coefficient (Wildman–Crippen LogP) is 3.99. The average molecular weight is 344 g/mol. The first-order chi connectivity index (χ1) is 9.10. The Hall–Kier alpha value is -0.940. The highest BCUT2D eigenvalue weighted by Gasteiger charge is 2.12. The quantitative estimate of drug-likeness (QED) is 0.651. The minimum Gasteiger partial charge on any atom is -0.271 e. The Morgan fingerprint density at radius 1 is 1.26 bits per heavy atom. The van der Waals surface area contributed by atoms with E-state index in [0.29, 0.717) is 15.9 Å². The molecule has 19 heavy (non-hydrogen) atoms. The van der Waals surface area contributed by atoms with Crippen molar-refractivity contribution in [3.8, 4) is 0 Å². The van der Waals surface area contributed by atoms with Crippen molar-refractivity contribution in [1.29, 1.82) is 0 Å². The van der Waals surface area contributed by atoms with Gasteiger partial charge >= 0.3 is 0 Å². The van der Waals surface area contributed by atoms with Crippen molar-refractivity contribution in [1.82, 2.24) is 5.43 Å². The summed E-state index contributed by atoms with van der Waals surface area (Å²) in [4.78, 5) is 0. The van der Waals surface area contributed by atoms with E-state index in [2.05, 4.69) is 21.4 Å². The molecule has 0 saturated carbocycles. The van der Waals surface area contributed by atoms with E-state index < -0.39 is 0 Å². The molecule has 0 aliphatic rings. The fraction of sp³-hybridized carbons (Fsp3) is 0.143. The standard InChI is InChI=1S/C14H13BrClFN2/c15-12-5-4-10(8-13(12)17)14(19-18)7-9-2-1-3-11(16)6-9/h1-6,8,14,19H,7,18H2. The van der Waals surface area contributed by atoms with E-state index in [0.717, 1.165) is 11.1 Å². The lowest BCUT2D eigenvalue weighted by molar-refractivity contribution is 0.543. The number of halogens is 3. The van der Waals surface area contributed by atoms with E-state index >= 15 is 0 Å². The SMILES string of the molecule is NNC(Cc1cccc(Cl)c1)c1ccc(Br)c(F)c1. The summed E-state index contributed by atoms with van der Waals surface area (Å²) in [5.41, 5.74) is 4.54. The van der Waals surface area contributed by atoms with Crippen molar-refractivity contribution < 1.29 is 4.39 Å². The molecule has 5 heteroatoms. The van der Waals surface area contributed by atoms with Crippen molar-refractivity contribution in [2.75, 3.05) is 0 Å². The van der Waals surface area contributed by atoms with Crippen LogP contribution in [0.4, 0.5) is 4.39 Å². The number of benzene rings is 2. The fourth-order valence-corrected chi connectivity index (χ4v) is 2.36. The third-order valence-electron chi connectivity index (χ3n) is 2.88. The largest absolute Gasteiger partial charge is 0.271 e. The molecule has 2 aromatic carbocycles. The van der Waals surface area contributed by atoms with Gasteiger partial charge in [0.05, 0.1) is 10.5 Å². The molecule has 0 radical (unpaired) electrons. The molecule has 2 aromatic rings. The van der Waals surface area contributed by atoms with Crippen LogP contribution in [0.1, 0.15) is 17.2 Å². The van der Waals surface area contributed by atoms with Crippen molar-refractivity contribution in [3.63, 3.8) is 0 Å². The predicted molar refractivity (Wildman–Crippen MR) is 79.3 cm³/mol. The normalized spacial score (nSPS) is 12.4. The monoisotopic (exact) mass is 342 g/mol. The number of hydrogen-bond acceptors (Lipinski definition) is 2. The van der Waals surface area contributed by atoms with Gasteiger partial charge in [0.15, 0.2) is 0 Å². The van der Waals surface area contributed by atoms with Crippen LogP contribution in [0.15, 0.2) is 46.9 Å². The summed E-state index contributed by atoms with van der Waals surface area (Å²) in [6.07, 6.45) is 0.637. The summed E-state index contributed by atoms with van der Waals surface area (Å²) in [6, 6.07) is 12.4. The first kappa shape index (κ1) is 14.5. The van der Waals surface area contributed by atoms with Gasteiger partial charge in [-0.25, -0.2) is 4.39 Å². The van der Waals surface area contributed by atoms with E-state index in [4.69, 9.17) is 17.4 Å². The molecule has 2 rings (SSSR count). The van der Waals surface area contributed by atoms with Gasteiger partial charge in [0.1, 0.15) is 5.82 Å². The lowest BCUT2D eigenvalue weighted by Crippen LogP contribution is -2.29. The Balaban J connectivity index is 2.22. The number of rotatable bonds is 4. The molecule has 0 fully saturated rings. The second-order valence-corrected chi connectivity index (χ2v) is 5.52. The minimum absolute atomic E-state index is 0.166. The molecule has 0 aliphatic carbocycles. The molecule has 100 valence electrons. The molecule has 0 saturated heterocycles. The first-order valence-corrected chi connectivity index (χ1v) is 6.93. The van der Waals surface area contributed by atoms with Crippen LogP contribution >= 0.6 is 27.5 Å². The highest BCUT2D eigenvalue weighted by Crippen LogP contribution is 2.23.